The van der Waals surface area contributed by atoms with E-state index in [9.17, 15) is 9.59 Å². The number of hydrogen-bond acceptors (Lipinski definition) is 8. The van der Waals surface area contributed by atoms with E-state index in [0.29, 0.717) is 57.5 Å². The Morgan fingerprint density at radius 1 is 0.500 bits per heavy atom. The molecule has 0 saturated heterocycles. The standard InChI is InChI=1S/C35H49N2O4P.C26H29NO3/c1-27(2)37(28(3)4)42(41-29(5)6)40-25-15-14-20-34(38)36-26-35(30-16-10-8-11-17-30,31-18-12-9-13-19-31)32-21-23-33(39-7)24-22-32;1-30-24-17-15-23(16-18-24)26(21-10-4-2-5-11-21,22-12-6-3-7-13-22)20-27-25(29)14-8-9-19-28/h8-13,16-19,21-24,27-29H,14-15,20,25-26H2,1-7H3,(H,36,38);2-7,10-13,15-18,28H,8-9,14,19-20H2,1H3,(H,27,29). The number of unbranched alkanes of at least 4 members (excludes halogenated alkanes) is 2. The van der Waals surface area contributed by atoms with Gasteiger partial charge in [0.1, 0.15) is 11.5 Å². The third-order valence-electron chi connectivity index (χ3n) is 12.7. The fourth-order valence-corrected chi connectivity index (χ4v) is 10.8. The number of ether oxygens (including phenoxy) is 2. The molecule has 10 nitrogen and oxygen atoms in total. The van der Waals surface area contributed by atoms with Gasteiger partial charge in [0, 0.05) is 44.6 Å². The van der Waals surface area contributed by atoms with E-state index in [4.69, 9.17) is 23.6 Å². The highest BCUT2D eigenvalue weighted by Gasteiger charge is 2.38. The normalized spacial score (nSPS) is 12.1. The number of amides is 2. The highest BCUT2D eigenvalue weighted by molar-refractivity contribution is 7.44. The van der Waals surface area contributed by atoms with Crippen molar-refractivity contribution in [3.05, 3.63) is 203 Å². The topological polar surface area (TPSA) is 119 Å². The zero-order chi connectivity index (χ0) is 51.8. The van der Waals surface area contributed by atoms with Gasteiger partial charge in [-0.3, -0.25) is 9.59 Å². The average Bonchev–Trinajstić information content (AvgIpc) is 3.40. The number of carbonyl (C=O) groups excluding carboxylic acids is 2. The fourth-order valence-electron chi connectivity index (χ4n) is 9.13. The van der Waals surface area contributed by atoms with Crippen LogP contribution in [0.4, 0.5) is 0 Å². The molecule has 384 valence electrons. The van der Waals surface area contributed by atoms with Crippen molar-refractivity contribution in [2.75, 3.05) is 40.5 Å². The van der Waals surface area contributed by atoms with Crippen LogP contribution in [0.15, 0.2) is 170 Å². The Kier molecular flexibility index (Phi) is 23.4. The van der Waals surface area contributed by atoms with Gasteiger partial charge < -0.3 is 34.3 Å². The fraction of sp³-hybridized carbons (Fsp3) is 0.377. The molecule has 0 heterocycles. The van der Waals surface area contributed by atoms with Crippen LogP contribution in [0.2, 0.25) is 0 Å². The van der Waals surface area contributed by atoms with Crippen molar-refractivity contribution in [3.63, 3.8) is 0 Å². The van der Waals surface area contributed by atoms with Gasteiger partial charge in [0.25, 0.3) is 8.53 Å². The van der Waals surface area contributed by atoms with E-state index < -0.39 is 19.4 Å². The van der Waals surface area contributed by atoms with Crippen LogP contribution in [0.1, 0.15) is 113 Å². The molecular formula is C61H78N3O7P. The van der Waals surface area contributed by atoms with Crippen LogP contribution in [-0.2, 0) is 29.5 Å². The monoisotopic (exact) mass is 996 g/mol. The van der Waals surface area contributed by atoms with E-state index in [2.05, 4.69) is 140 Å². The van der Waals surface area contributed by atoms with Crippen LogP contribution >= 0.6 is 8.53 Å². The molecule has 1 unspecified atom stereocenters. The number of aliphatic hydroxyl groups is 1. The molecule has 0 radical (unpaired) electrons. The minimum absolute atomic E-state index is 0.00630. The number of nitrogens with zero attached hydrogens (tertiary/aromatic N) is 1. The van der Waals surface area contributed by atoms with E-state index in [1.165, 1.54) is 0 Å². The van der Waals surface area contributed by atoms with E-state index in [1.807, 2.05) is 86.6 Å². The van der Waals surface area contributed by atoms with Gasteiger partial charge in [-0.25, -0.2) is 4.67 Å². The lowest BCUT2D eigenvalue weighted by Gasteiger charge is -2.36. The van der Waals surface area contributed by atoms with Crippen molar-refractivity contribution in [1.82, 2.24) is 15.3 Å². The Labute approximate surface area is 431 Å². The van der Waals surface area contributed by atoms with Crippen molar-refractivity contribution in [2.45, 2.75) is 109 Å². The maximum Gasteiger partial charge on any atom is 0.259 e. The van der Waals surface area contributed by atoms with Crippen LogP contribution in [-0.4, -0.2) is 80.3 Å². The summed E-state index contributed by atoms with van der Waals surface area (Å²) in [5, 5.41) is 15.4. The van der Waals surface area contributed by atoms with Crippen LogP contribution in [0.3, 0.4) is 0 Å². The molecule has 0 aliphatic rings. The molecule has 0 aliphatic carbocycles. The van der Waals surface area contributed by atoms with Crippen LogP contribution < -0.4 is 20.1 Å². The molecule has 0 spiro atoms. The number of carbonyl (C=O) groups is 2. The third-order valence-corrected chi connectivity index (χ3v) is 15.0. The zero-order valence-electron chi connectivity index (χ0n) is 43.8. The molecule has 0 aromatic heterocycles. The van der Waals surface area contributed by atoms with E-state index in [1.54, 1.807) is 14.2 Å². The Hall–Kier alpha value is -5.87. The molecule has 6 rings (SSSR count). The first-order chi connectivity index (χ1) is 34.9. The first kappa shape index (κ1) is 57.0. The van der Waals surface area contributed by atoms with Gasteiger partial charge in [0.05, 0.1) is 37.8 Å². The molecule has 0 fully saturated rings. The molecule has 6 aromatic rings. The second-order valence-corrected chi connectivity index (χ2v) is 20.1. The number of nitrogens with one attached hydrogen (secondary N) is 2. The minimum atomic E-state index is -1.15. The van der Waals surface area contributed by atoms with E-state index in [-0.39, 0.29) is 24.5 Å². The molecule has 0 saturated carbocycles. The van der Waals surface area contributed by atoms with Gasteiger partial charge in [-0.05, 0) is 125 Å². The van der Waals surface area contributed by atoms with Gasteiger partial charge >= 0.3 is 0 Å². The van der Waals surface area contributed by atoms with Crippen molar-refractivity contribution >= 4 is 20.3 Å². The Bertz CT molecular complexity index is 2350. The summed E-state index contributed by atoms with van der Waals surface area (Å²) >= 11 is 0. The second kappa shape index (κ2) is 29.6. The summed E-state index contributed by atoms with van der Waals surface area (Å²) in [5.41, 5.74) is 5.52. The quantitative estimate of drug-likeness (QED) is 0.0265. The first-order valence-corrected chi connectivity index (χ1v) is 26.6. The lowest BCUT2D eigenvalue weighted by Crippen LogP contribution is -2.42. The predicted octanol–water partition coefficient (Wildman–Crippen LogP) is 12.4. The van der Waals surface area contributed by atoms with Gasteiger partial charge in [-0.2, -0.15) is 0 Å². The maximum atomic E-state index is 13.2. The van der Waals surface area contributed by atoms with Crippen molar-refractivity contribution in [2.24, 2.45) is 0 Å². The van der Waals surface area contributed by atoms with E-state index >= 15 is 0 Å². The lowest BCUT2D eigenvalue weighted by atomic mass is 9.69. The van der Waals surface area contributed by atoms with Crippen LogP contribution in [0, 0.1) is 0 Å². The summed E-state index contributed by atoms with van der Waals surface area (Å²) in [7, 11) is 2.17. The highest BCUT2D eigenvalue weighted by Crippen LogP contribution is 2.47. The second-order valence-electron chi connectivity index (χ2n) is 18.7. The SMILES string of the molecule is COc1ccc(C(CNC(=O)CCCCO)(c2ccccc2)c2ccccc2)cc1.COc1ccc(C(CNC(=O)CCCCOP(OC(C)C)N(C(C)C)C(C)C)(c2ccccc2)c2ccccc2)cc1. The maximum absolute atomic E-state index is 13.2. The number of rotatable bonds is 27. The molecule has 1 atom stereocenters. The zero-order valence-corrected chi connectivity index (χ0v) is 44.7. The number of aliphatic hydroxyl groups excluding tert-OH is 1. The minimum Gasteiger partial charge on any atom is -0.497 e. The number of methoxy groups -OCH3 is 2. The Morgan fingerprint density at radius 2 is 0.833 bits per heavy atom. The average molecular weight is 996 g/mol. The summed E-state index contributed by atoms with van der Waals surface area (Å²) in [6, 6.07) is 58.2. The summed E-state index contributed by atoms with van der Waals surface area (Å²) < 4.78 is 25.5. The Balaban J connectivity index is 0.000000282. The van der Waals surface area contributed by atoms with E-state index in [0.717, 1.165) is 57.7 Å². The lowest BCUT2D eigenvalue weighted by molar-refractivity contribution is -0.122. The number of benzene rings is 6. The van der Waals surface area contributed by atoms with Gasteiger partial charge in [0.2, 0.25) is 11.8 Å². The summed E-state index contributed by atoms with van der Waals surface area (Å²) in [6.07, 6.45) is 3.77. The number of hydrogen-bond donors (Lipinski definition) is 3. The van der Waals surface area contributed by atoms with Gasteiger partial charge in [-0.1, -0.05) is 146 Å². The molecule has 3 N–H and O–H groups in total. The first-order valence-electron chi connectivity index (χ1n) is 25.4. The molecule has 0 aliphatic heterocycles. The smallest absolute Gasteiger partial charge is 0.259 e. The van der Waals surface area contributed by atoms with Gasteiger partial charge in [0.15, 0.2) is 0 Å². The predicted molar refractivity (Wildman–Crippen MR) is 294 cm³/mol. The molecule has 0 bridgehead atoms. The largest absolute Gasteiger partial charge is 0.497 e. The summed E-state index contributed by atoms with van der Waals surface area (Å²) in [5.74, 6) is 1.62. The Morgan fingerprint density at radius 3 is 1.14 bits per heavy atom. The molecule has 6 aromatic carbocycles. The summed E-state index contributed by atoms with van der Waals surface area (Å²) in [6.45, 7) is 14.3. The van der Waals surface area contributed by atoms with Crippen molar-refractivity contribution in [1.29, 1.82) is 0 Å². The van der Waals surface area contributed by atoms with Crippen molar-refractivity contribution in [3.8, 4) is 11.5 Å². The van der Waals surface area contributed by atoms with Crippen LogP contribution in [0.5, 0.6) is 11.5 Å². The molecule has 2 amide bonds. The highest BCUT2D eigenvalue weighted by atomic mass is 31.2. The third kappa shape index (κ3) is 15.8. The molecular weight excluding hydrogens is 918 g/mol. The van der Waals surface area contributed by atoms with Crippen molar-refractivity contribution < 1.29 is 33.2 Å². The molecule has 72 heavy (non-hydrogen) atoms. The van der Waals surface area contributed by atoms with Crippen LogP contribution in [0.25, 0.3) is 0 Å². The van der Waals surface area contributed by atoms with Gasteiger partial charge in [-0.15, -0.1) is 0 Å². The molecule has 11 heteroatoms. The summed E-state index contributed by atoms with van der Waals surface area (Å²) in [4.78, 5) is 25.8.